The summed E-state index contributed by atoms with van der Waals surface area (Å²) in [7, 11) is 0. The normalized spacial score (nSPS) is 11.8. The zero-order chi connectivity index (χ0) is 17.5. The maximum Gasteiger partial charge on any atom is 0.419 e. The fourth-order valence-corrected chi connectivity index (χ4v) is 2.51. The summed E-state index contributed by atoms with van der Waals surface area (Å²) in [4.78, 5) is 0. The first kappa shape index (κ1) is 16.2. The van der Waals surface area contributed by atoms with E-state index in [4.69, 9.17) is 0 Å². The number of benzene rings is 2. The van der Waals surface area contributed by atoms with Crippen LogP contribution in [-0.2, 0) is 6.18 Å². The van der Waals surface area contributed by atoms with Gasteiger partial charge in [0.2, 0.25) is 0 Å². The summed E-state index contributed by atoms with van der Waals surface area (Å²) in [5, 5.41) is 4.32. The molecular weight excluding hydrogens is 320 g/mol. The smallest absolute Gasteiger partial charge is 0.240 e. The molecule has 1 heterocycles. The molecule has 0 saturated carbocycles. The molecule has 0 bridgehead atoms. The van der Waals surface area contributed by atoms with Crippen molar-refractivity contribution in [2.75, 3.05) is 0 Å². The van der Waals surface area contributed by atoms with E-state index in [-0.39, 0.29) is 0 Å². The highest BCUT2D eigenvalue weighted by Crippen LogP contribution is 2.34. The van der Waals surface area contributed by atoms with E-state index in [2.05, 4.69) is 5.10 Å². The summed E-state index contributed by atoms with van der Waals surface area (Å²) in [5.74, 6) is -1.28. The topological polar surface area (TPSA) is 17.8 Å². The first-order chi connectivity index (χ1) is 11.3. The van der Waals surface area contributed by atoms with Crippen molar-refractivity contribution in [3.05, 3.63) is 71.3 Å². The third kappa shape index (κ3) is 3.04. The standard InChI is InChI=1S/C18H14F4N2/c1-11-3-4-14(10-17(11)24-8-7-12(2)23-24)13-5-6-16(19)15(9-13)18(20,21)22/h3-10H,1-2H3. The molecule has 0 N–H and O–H groups in total. The quantitative estimate of drug-likeness (QED) is 0.580. The van der Waals surface area contributed by atoms with Crippen LogP contribution in [0.5, 0.6) is 0 Å². The molecule has 0 fully saturated rings. The van der Waals surface area contributed by atoms with Gasteiger partial charge in [0, 0.05) is 6.20 Å². The van der Waals surface area contributed by atoms with Crippen molar-refractivity contribution < 1.29 is 17.6 Å². The molecule has 0 saturated heterocycles. The lowest BCUT2D eigenvalue weighted by atomic mass is 10.0. The van der Waals surface area contributed by atoms with Gasteiger partial charge in [0.1, 0.15) is 5.82 Å². The van der Waals surface area contributed by atoms with Gasteiger partial charge in [-0.3, -0.25) is 0 Å². The lowest BCUT2D eigenvalue weighted by Gasteiger charge is -2.12. The monoisotopic (exact) mass is 334 g/mol. The molecule has 24 heavy (non-hydrogen) atoms. The lowest BCUT2D eigenvalue weighted by molar-refractivity contribution is -0.139. The van der Waals surface area contributed by atoms with Crippen LogP contribution >= 0.6 is 0 Å². The fourth-order valence-electron chi connectivity index (χ4n) is 2.51. The highest BCUT2D eigenvalue weighted by molar-refractivity contribution is 5.68. The fraction of sp³-hybridized carbons (Fsp3) is 0.167. The SMILES string of the molecule is Cc1ccn(-c2cc(-c3ccc(F)c(C(F)(F)F)c3)ccc2C)n1. The predicted octanol–water partition coefficient (Wildman–Crippen LogP) is 5.31. The van der Waals surface area contributed by atoms with Gasteiger partial charge in [0.15, 0.2) is 0 Å². The Labute approximate surface area is 136 Å². The van der Waals surface area contributed by atoms with Gasteiger partial charge in [-0.15, -0.1) is 0 Å². The van der Waals surface area contributed by atoms with E-state index in [1.807, 2.05) is 19.9 Å². The molecule has 2 aromatic carbocycles. The first-order valence-corrected chi connectivity index (χ1v) is 7.26. The number of aryl methyl sites for hydroxylation is 2. The number of nitrogens with zero attached hydrogens (tertiary/aromatic N) is 2. The third-order valence-corrected chi connectivity index (χ3v) is 3.78. The largest absolute Gasteiger partial charge is 0.419 e. The molecule has 3 aromatic rings. The molecule has 0 aliphatic carbocycles. The van der Waals surface area contributed by atoms with Crippen LogP contribution in [0.1, 0.15) is 16.8 Å². The molecule has 0 spiro atoms. The van der Waals surface area contributed by atoms with Crippen molar-refractivity contribution >= 4 is 0 Å². The van der Waals surface area contributed by atoms with Gasteiger partial charge < -0.3 is 0 Å². The van der Waals surface area contributed by atoms with Crippen molar-refractivity contribution in [2.45, 2.75) is 20.0 Å². The van der Waals surface area contributed by atoms with Gasteiger partial charge in [-0.1, -0.05) is 18.2 Å². The third-order valence-electron chi connectivity index (χ3n) is 3.78. The summed E-state index contributed by atoms with van der Waals surface area (Å²) >= 11 is 0. The molecule has 0 aliphatic heterocycles. The van der Waals surface area contributed by atoms with Crippen molar-refractivity contribution in [1.82, 2.24) is 9.78 Å². The zero-order valence-corrected chi connectivity index (χ0v) is 13.0. The molecule has 0 unspecified atom stereocenters. The van der Waals surface area contributed by atoms with Crippen LogP contribution in [0.15, 0.2) is 48.7 Å². The Kier molecular flexibility index (Phi) is 3.91. The number of halogens is 4. The van der Waals surface area contributed by atoms with Gasteiger partial charge in [-0.2, -0.15) is 18.3 Å². The van der Waals surface area contributed by atoms with Gasteiger partial charge in [0.25, 0.3) is 0 Å². The van der Waals surface area contributed by atoms with Crippen molar-refractivity contribution in [3.63, 3.8) is 0 Å². The van der Waals surface area contributed by atoms with E-state index < -0.39 is 17.6 Å². The van der Waals surface area contributed by atoms with Gasteiger partial charge >= 0.3 is 6.18 Å². The number of rotatable bonds is 2. The molecule has 0 aliphatic rings. The van der Waals surface area contributed by atoms with E-state index >= 15 is 0 Å². The molecule has 1 aromatic heterocycles. The Balaban J connectivity index is 2.11. The molecule has 0 radical (unpaired) electrons. The highest BCUT2D eigenvalue weighted by atomic mass is 19.4. The average molecular weight is 334 g/mol. The summed E-state index contributed by atoms with van der Waals surface area (Å²) < 4.78 is 53.8. The predicted molar refractivity (Wildman–Crippen MR) is 83.4 cm³/mol. The maximum absolute atomic E-state index is 13.5. The van der Waals surface area contributed by atoms with Gasteiger partial charge in [0.05, 0.1) is 16.9 Å². The van der Waals surface area contributed by atoms with Crippen LogP contribution in [0.3, 0.4) is 0 Å². The maximum atomic E-state index is 13.5. The van der Waals surface area contributed by atoms with Gasteiger partial charge in [-0.05, 0) is 54.8 Å². The molecule has 0 amide bonds. The van der Waals surface area contributed by atoms with Crippen LogP contribution in [0.25, 0.3) is 16.8 Å². The Morgan fingerprint density at radius 2 is 1.58 bits per heavy atom. The Hall–Kier alpha value is -2.63. The summed E-state index contributed by atoms with van der Waals surface area (Å²) in [5.41, 5.74) is 2.12. The first-order valence-electron chi connectivity index (χ1n) is 7.26. The van der Waals surface area contributed by atoms with Crippen LogP contribution < -0.4 is 0 Å². The molecule has 0 atom stereocenters. The van der Waals surface area contributed by atoms with E-state index in [0.29, 0.717) is 11.1 Å². The number of hydrogen-bond acceptors (Lipinski definition) is 1. The summed E-state index contributed by atoms with van der Waals surface area (Å²) in [6.45, 7) is 3.74. The molecule has 124 valence electrons. The van der Waals surface area contributed by atoms with E-state index in [1.54, 1.807) is 29.1 Å². The van der Waals surface area contributed by atoms with E-state index in [0.717, 1.165) is 29.1 Å². The minimum Gasteiger partial charge on any atom is -0.240 e. The number of aromatic nitrogens is 2. The van der Waals surface area contributed by atoms with Gasteiger partial charge in [-0.25, -0.2) is 9.07 Å². The second-order valence-corrected chi connectivity index (χ2v) is 5.60. The van der Waals surface area contributed by atoms with Crippen LogP contribution in [0.4, 0.5) is 17.6 Å². The minimum absolute atomic E-state index is 0.300. The highest BCUT2D eigenvalue weighted by Gasteiger charge is 2.34. The molecule has 3 rings (SSSR count). The second-order valence-electron chi connectivity index (χ2n) is 5.60. The summed E-state index contributed by atoms with van der Waals surface area (Å²) in [6.07, 6.45) is -2.94. The van der Waals surface area contributed by atoms with E-state index in [1.165, 1.54) is 6.07 Å². The molecular formula is C18H14F4N2. The van der Waals surface area contributed by atoms with Crippen molar-refractivity contribution in [2.24, 2.45) is 0 Å². The lowest BCUT2D eigenvalue weighted by Crippen LogP contribution is -2.08. The Morgan fingerprint density at radius 1 is 0.917 bits per heavy atom. The number of hydrogen-bond donors (Lipinski definition) is 0. The van der Waals surface area contributed by atoms with Crippen LogP contribution in [0.2, 0.25) is 0 Å². The van der Waals surface area contributed by atoms with Crippen molar-refractivity contribution in [1.29, 1.82) is 0 Å². The van der Waals surface area contributed by atoms with Crippen molar-refractivity contribution in [3.8, 4) is 16.8 Å². The van der Waals surface area contributed by atoms with Crippen LogP contribution in [0, 0.1) is 19.7 Å². The Morgan fingerprint density at radius 3 is 2.21 bits per heavy atom. The van der Waals surface area contributed by atoms with Crippen LogP contribution in [-0.4, -0.2) is 9.78 Å². The van der Waals surface area contributed by atoms with E-state index in [9.17, 15) is 17.6 Å². The zero-order valence-electron chi connectivity index (χ0n) is 13.0. The minimum atomic E-state index is -4.73. The second kappa shape index (κ2) is 5.78. The molecule has 6 heteroatoms. The number of alkyl halides is 3. The Bertz CT molecular complexity index is 894. The average Bonchev–Trinajstić information content (AvgIpc) is 2.93. The summed E-state index contributed by atoms with van der Waals surface area (Å²) in [6, 6.07) is 10.1. The molecule has 2 nitrogen and oxygen atoms in total.